The lowest BCUT2D eigenvalue weighted by Gasteiger charge is -2.00. The van der Waals surface area contributed by atoms with Crippen LogP contribution in [0, 0.1) is 0 Å². The lowest BCUT2D eigenvalue weighted by molar-refractivity contribution is 0.413. The zero-order valence-electron chi connectivity index (χ0n) is 5.87. The number of ether oxygens (including phenoxy) is 1. The third-order valence-electron chi connectivity index (χ3n) is 0.917. The Labute approximate surface area is 60.2 Å². The molecule has 0 saturated carbocycles. The molecule has 2 heteroatoms. The van der Waals surface area contributed by atoms with Crippen LogP contribution < -0.4 is 4.74 Å². The van der Waals surface area contributed by atoms with Gasteiger partial charge in [0.05, 0.1) is 5.76 Å². The molecule has 0 bridgehead atoms. The molecule has 1 rings (SSSR count). The molecular formula is C8H9NO. The smallest absolute Gasteiger partial charge is 0.218 e. The van der Waals surface area contributed by atoms with E-state index in [1.165, 1.54) is 0 Å². The first-order valence-electron chi connectivity index (χ1n) is 3.03. The van der Waals surface area contributed by atoms with E-state index in [1.54, 1.807) is 19.2 Å². The van der Waals surface area contributed by atoms with E-state index in [-0.39, 0.29) is 0 Å². The molecule has 1 heterocycles. The van der Waals surface area contributed by atoms with E-state index in [0.29, 0.717) is 11.6 Å². The summed E-state index contributed by atoms with van der Waals surface area (Å²) in [5, 5.41) is 0. The number of nitrogens with zero attached hydrogens (tertiary/aromatic N) is 1. The van der Waals surface area contributed by atoms with Gasteiger partial charge in [-0.05, 0) is 13.0 Å². The van der Waals surface area contributed by atoms with Crippen molar-refractivity contribution in [2.24, 2.45) is 0 Å². The van der Waals surface area contributed by atoms with E-state index in [1.807, 2.05) is 12.1 Å². The summed E-state index contributed by atoms with van der Waals surface area (Å²) >= 11 is 0. The molecule has 1 aromatic heterocycles. The van der Waals surface area contributed by atoms with E-state index in [4.69, 9.17) is 4.74 Å². The molecule has 0 aliphatic carbocycles. The Bertz CT molecular complexity index is 218. The lowest BCUT2D eigenvalue weighted by Crippen LogP contribution is -1.89. The van der Waals surface area contributed by atoms with E-state index < -0.39 is 0 Å². The first kappa shape index (κ1) is 6.81. The van der Waals surface area contributed by atoms with Crippen molar-refractivity contribution in [3.63, 3.8) is 0 Å². The molecule has 10 heavy (non-hydrogen) atoms. The molecule has 0 N–H and O–H groups in total. The van der Waals surface area contributed by atoms with Crippen molar-refractivity contribution < 1.29 is 4.74 Å². The van der Waals surface area contributed by atoms with Crippen LogP contribution in [0.1, 0.15) is 6.92 Å². The number of allylic oxidation sites excluding steroid dienone is 1. The van der Waals surface area contributed by atoms with Gasteiger partial charge >= 0.3 is 0 Å². The van der Waals surface area contributed by atoms with Gasteiger partial charge in [-0.3, -0.25) is 0 Å². The summed E-state index contributed by atoms with van der Waals surface area (Å²) in [6.07, 6.45) is 1.68. The van der Waals surface area contributed by atoms with E-state index in [0.717, 1.165) is 0 Å². The van der Waals surface area contributed by atoms with Gasteiger partial charge in [-0.2, -0.15) is 0 Å². The molecule has 0 aliphatic heterocycles. The molecule has 1 aromatic rings. The Morgan fingerprint density at radius 1 is 1.60 bits per heavy atom. The molecule has 0 radical (unpaired) electrons. The van der Waals surface area contributed by atoms with Gasteiger partial charge in [0.15, 0.2) is 0 Å². The first-order valence-corrected chi connectivity index (χ1v) is 3.03. The molecule has 0 atom stereocenters. The van der Waals surface area contributed by atoms with E-state index >= 15 is 0 Å². The summed E-state index contributed by atoms with van der Waals surface area (Å²) in [4.78, 5) is 3.94. The lowest BCUT2D eigenvalue weighted by atomic mass is 10.5. The summed E-state index contributed by atoms with van der Waals surface area (Å²) in [5.41, 5.74) is 0. The predicted octanol–water partition coefficient (Wildman–Crippen LogP) is 1.99. The number of aromatic nitrogens is 1. The Morgan fingerprint density at radius 2 is 2.40 bits per heavy atom. The van der Waals surface area contributed by atoms with Crippen LogP contribution >= 0.6 is 0 Å². The van der Waals surface area contributed by atoms with Crippen LogP contribution in [0.15, 0.2) is 36.7 Å². The number of hydrogen-bond acceptors (Lipinski definition) is 2. The molecule has 0 fully saturated rings. The first-order chi connectivity index (χ1) is 4.79. The van der Waals surface area contributed by atoms with Gasteiger partial charge in [-0.15, -0.1) is 0 Å². The van der Waals surface area contributed by atoms with Gasteiger partial charge < -0.3 is 4.74 Å². The molecular weight excluding hydrogens is 126 g/mol. The molecule has 2 nitrogen and oxygen atoms in total. The molecule has 0 saturated heterocycles. The van der Waals surface area contributed by atoms with E-state index in [2.05, 4.69) is 11.6 Å². The normalized spacial score (nSPS) is 8.90. The Morgan fingerprint density at radius 3 is 2.90 bits per heavy atom. The quantitative estimate of drug-likeness (QED) is 0.578. The zero-order valence-corrected chi connectivity index (χ0v) is 5.87. The highest BCUT2D eigenvalue weighted by molar-refractivity contribution is 5.11. The number of pyridine rings is 1. The fraction of sp³-hybridized carbons (Fsp3) is 0.125. The van der Waals surface area contributed by atoms with Gasteiger partial charge in [-0.1, -0.05) is 12.6 Å². The predicted molar refractivity (Wildman–Crippen MR) is 39.7 cm³/mol. The average Bonchev–Trinajstić information content (AvgIpc) is 1.88. The van der Waals surface area contributed by atoms with Gasteiger partial charge in [0.25, 0.3) is 0 Å². The minimum Gasteiger partial charge on any atom is -0.444 e. The summed E-state index contributed by atoms with van der Waals surface area (Å²) in [7, 11) is 0. The van der Waals surface area contributed by atoms with E-state index in [9.17, 15) is 0 Å². The van der Waals surface area contributed by atoms with Crippen LogP contribution in [0.4, 0.5) is 0 Å². The number of hydrogen-bond donors (Lipinski definition) is 0. The van der Waals surface area contributed by atoms with Crippen molar-refractivity contribution >= 4 is 0 Å². The second kappa shape index (κ2) is 3.01. The van der Waals surface area contributed by atoms with Crippen LogP contribution in [0.25, 0.3) is 0 Å². The molecule has 0 unspecified atom stereocenters. The Kier molecular flexibility index (Phi) is 2.05. The highest BCUT2D eigenvalue weighted by Crippen LogP contribution is 2.05. The molecule has 52 valence electrons. The minimum absolute atomic E-state index is 0.593. The summed E-state index contributed by atoms with van der Waals surface area (Å²) in [5.74, 6) is 1.24. The minimum atomic E-state index is 0.593. The molecule has 0 spiro atoms. The second-order valence-electron chi connectivity index (χ2n) is 1.97. The standard InChI is InChI=1S/C8H9NO/c1-7(2)10-8-5-3-4-6-9-8/h3-6H,1H2,2H3. The fourth-order valence-electron chi connectivity index (χ4n) is 0.586. The zero-order chi connectivity index (χ0) is 7.40. The fourth-order valence-corrected chi connectivity index (χ4v) is 0.586. The highest BCUT2D eigenvalue weighted by atomic mass is 16.5. The maximum Gasteiger partial charge on any atom is 0.218 e. The van der Waals surface area contributed by atoms with Crippen LogP contribution in [0.2, 0.25) is 0 Å². The maximum absolute atomic E-state index is 5.11. The molecule has 0 amide bonds. The van der Waals surface area contributed by atoms with Gasteiger partial charge in [0, 0.05) is 12.3 Å². The van der Waals surface area contributed by atoms with Crippen LogP contribution in [0.3, 0.4) is 0 Å². The molecule has 0 aromatic carbocycles. The van der Waals surface area contributed by atoms with Crippen molar-refractivity contribution in [2.75, 3.05) is 0 Å². The van der Waals surface area contributed by atoms with Crippen molar-refractivity contribution in [3.8, 4) is 5.88 Å². The van der Waals surface area contributed by atoms with Crippen LogP contribution in [-0.2, 0) is 0 Å². The Hall–Kier alpha value is -1.31. The van der Waals surface area contributed by atoms with Crippen molar-refractivity contribution in [1.82, 2.24) is 4.98 Å². The number of rotatable bonds is 2. The van der Waals surface area contributed by atoms with Crippen molar-refractivity contribution in [1.29, 1.82) is 0 Å². The monoisotopic (exact) mass is 135 g/mol. The van der Waals surface area contributed by atoms with Crippen LogP contribution in [0.5, 0.6) is 5.88 Å². The second-order valence-corrected chi connectivity index (χ2v) is 1.97. The third kappa shape index (κ3) is 1.90. The molecule has 0 aliphatic rings. The maximum atomic E-state index is 5.11. The third-order valence-corrected chi connectivity index (χ3v) is 0.917. The summed E-state index contributed by atoms with van der Waals surface area (Å²) in [6.45, 7) is 5.37. The van der Waals surface area contributed by atoms with Crippen molar-refractivity contribution in [2.45, 2.75) is 6.92 Å². The largest absolute Gasteiger partial charge is 0.444 e. The van der Waals surface area contributed by atoms with Gasteiger partial charge in [-0.25, -0.2) is 4.98 Å². The average molecular weight is 135 g/mol. The SMILES string of the molecule is C=C(C)Oc1ccccn1. The van der Waals surface area contributed by atoms with Gasteiger partial charge in [0.2, 0.25) is 5.88 Å². The van der Waals surface area contributed by atoms with Crippen LogP contribution in [-0.4, -0.2) is 4.98 Å². The summed E-state index contributed by atoms with van der Waals surface area (Å²) < 4.78 is 5.11. The summed E-state index contributed by atoms with van der Waals surface area (Å²) in [6, 6.07) is 5.49. The van der Waals surface area contributed by atoms with Crippen molar-refractivity contribution in [3.05, 3.63) is 36.7 Å². The van der Waals surface area contributed by atoms with Gasteiger partial charge in [0.1, 0.15) is 0 Å². The highest BCUT2D eigenvalue weighted by Gasteiger charge is 1.89. The topological polar surface area (TPSA) is 22.1 Å². The Balaban J connectivity index is 2.67.